The molecule has 7 saturated carbocycles. The lowest BCUT2D eigenvalue weighted by Gasteiger charge is -2.73. The van der Waals surface area contributed by atoms with Crippen LogP contribution >= 0.6 is 39.5 Å². The van der Waals surface area contributed by atoms with Gasteiger partial charge in [0.1, 0.15) is 23.0 Å². The van der Waals surface area contributed by atoms with E-state index < -0.39 is 97.3 Å². The van der Waals surface area contributed by atoms with Crippen molar-refractivity contribution in [3.05, 3.63) is 34.9 Å². The summed E-state index contributed by atoms with van der Waals surface area (Å²) in [6, 6.07) is 0. The summed E-state index contributed by atoms with van der Waals surface area (Å²) in [4.78, 5) is 51.7. The van der Waals surface area contributed by atoms with E-state index in [1.54, 1.807) is 18.3 Å². The summed E-state index contributed by atoms with van der Waals surface area (Å²) >= 11 is 9.89. The highest BCUT2D eigenvalue weighted by atomic mass is 79.9. The minimum absolute atomic E-state index is 0.0425. The third-order valence-electron chi connectivity index (χ3n) is 21.8. The monoisotopic (exact) mass is 1200 g/mol. The molecule has 1 unspecified atom stereocenters. The van der Waals surface area contributed by atoms with Gasteiger partial charge < -0.3 is 71.4 Å². The van der Waals surface area contributed by atoms with E-state index >= 15 is 0 Å². The number of halogens is 1. The number of Topliss-reactive ketones (excluding diaryl/α,β-unsaturated/α-hetero) is 3. The van der Waals surface area contributed by atoms with Crippen LogP contribution in [0.4, 0.5) is 5.13 Å². The minimum atomic E-state index is -2.21. The molecule has 13 fully saturated rings. The highest BCUT2D eigenvalue weighted by Gasteiger charge is 2.89. The summed E-state index contributed by atoms with van der Waals surface area (Å²) in [6.45, 7) is 26.7. The Hall–Kier alpha value is -2.35. The van der Waals surface area contributed by atoms with Crippen LogP contribution in [0, 0.1) is 62.6 Å². The number of thiocarbonyl (C=S) groups is 1. The molecule has 15 rings (SSSR count). The number of carbonyl (C=O) groups excluding carboxylic acids is 3. The Morgan fingerprint density at radius 2 is 1.20 bits per heavy atom. The van der Waals surface area contributed by atoms with Crippen LogP contribution in [0.25, 0.3) is 0 Å². The van der Waals surface area contributed by atoms with E-state index in [4.69, 9.17) is 37.5 Å². The third kappa shape index (κ3) is 8.35. The Bertz CT molecular complexity index is 2590. The van der Waals surface area contributed by atoms with Gasteiger partial charge in [-0.2, -0.15) is 0 Å². The van der Waals surface area contributed by atoms with Crippen LogP contribution in [0.3, 0.4) is 0 Å². The van der Waals surface area contributed by atoms with Crippen molar-refractivity contribution >= 4 is 67.1 Å². The number of fused-ring (bicyclic) bond motifs is 5. The molecule has 8 aliphatic carbocycles. The lowest BCUT2D eigenvalue weighted by Crippen LogP contribution is -2.85. The van der Waals surface area contributed by atoms with Crippen LogP contribution in [-0.4, -0.2) is 186 Å². The van der Waals surface area contributed by atoms with Crippen LogP contribution in [0.2, 0.25) is 0 Å². The molecule has 79 heavy (non-hydrogen) atoms. The average molecular weight is 1200 g/mol. The number of ketones is 3. The zero-order valence-corrected chi connectivity index (χ0v) is 50.0. The van der Waals surface area contributed by atoms with Gasteiger partial charge in [-0.15, -0.1) is 11.3 Å². The first-order valence-corrected chi connectivity index (χ1v) is 31.3. The highest BCUT2D eigenvalue weighted by molar-refractivity contribution is 9.10. The molecule has 1 aromatic rings. The molecule has 8 bridgehead atoms. The standard InChI is InChI=1S/C28H39N3O5S.C20H25BrO6.C8H17N3S.C2H6O/c1-15-16-7-8-18-26-14-36-28(35,27(18,21(15)32)22(16)33)23(34)19(26)25(2,3)13-17-20(26)30-24(37-17)29-9-12-31-10-5-4-6-11-31;1-8-9-4-5-11-18-7-27-20(26,19(11,13(8)22)14(9)23)16(25)12(18)17(2,3)6-10(21)15(18)24;9-8(12)10-4-7-11-5-2-1-3-6-11;1-2-3/h16,18-19,22-23,33-35H,1,4-14H2,2-3H3,(H,29,30);9-12,14,16,23,25-26H,1,4-7H2,2-3H3;1-7H2,(H3,9,10,12);3H,2H2,1H3/t16-,18-,19+,22+,23-,26-,27-,28-;9-,10?,11-,12+,14+,16-,18-,19-,20-;;/m00../s1. The molecular formula is C58H87BrN6O12S2. The summed E-state index contributed by atoms with van der Waals surface area (Å²) in [7, 11) is 0. The Kier molecular flexibility index (Phi) is 16.1. The quantitative estimate of drug-likeness (QED) is 0.106. The number of piperidine rings is 2. The first kappa shape index (κ1) is 59.8. The molecule has 7 heterocycles. The van der Waals surface area contributed by atoms with Crippen molar-refractivity contribution in [3.63, 3.8) is 0 Å². The van der Waals surface area contributed by atoms with Crippen molar-refractivity contribution in [2.45, 2.75) is 158 Å². The number of nitrogens with one attached hydrogen (secondary N) is 2. The van der Waals surface area contributed by atoms with Crippen molar-refractivity contribution in [2.75, 3.05) is 77.5 Å². The second kappa shape index (κ2) is 21.3. The lowest BCUT2D eigenvalue weighted by molar-refractivity contribution is -0.437. The number of hydrogen-bond donors (Lipinski definition) is 10. The van der Waals surface area contributed by atoms with Gasteiger partial charge in [-0.25, -0.2) is 4.98 Å². The van der Waals surface area contributed by atoms with Gasteiger partial charge in [0.2, 0.25) is 11.6 Å². The van der Waals surface area contributed by atoms with Gasteiger partial charge in [0.25, 0.3) is 0 Å². The van der Waals surface area contributed by atoms with E-state index in [2.05, 4.69) is 63.4 Å². The van der Waals surface area contributed by atoms with Gasteiger partial charge >= 0.3 is 0 Å². The zero-order chi connectivity index (χ0) is 57.2. The van der Waals surface area contributed by atoms with E-state index in [0.29, 0.717) is 42.8 Å². The largest absolute Gasteiger partial charge is 0.397 e. The smallest absolute Gasteiger partial charge is 0.208 e. The number of carbonyl (C=O) groups is 3. The van der Waals surface area contributed by atoms with Gasteiger partial charge in [0.05, 0.1) is 41.4 Å². The summed E-state index contributed by atoms with van der Waals surface area (Å²) in [5, 5.41) is 85.0. The zero-order valence-electron chi connectivity index (χ0n) is 46.8. The predicted molar refractivity (Wildman–Crippen MR) is 305 cm³/mol. The maximum Gasteiger partial charge on any atom is 0.208 e. The normalized spacial score (nSPS) is 44.5. The molecule has 17 atom stereocenters. The Balaban J connectivity index is 0.000000146. The van der Waals surface area contributed by atoms with Crippen molar-refractivity contribution < 1.29 is 59.6 Å². The highest BCUT2D eigenvalue weighted by Crippen LogP contribution is 2.78. The summed E-state index contributed by atoms with van der Waals surface area (Å²) in [5.41, 5.74) is 0.788. The van der Waals surface area contributed by atoms with Crippen LogP contribution in [0.5, 0.6) is 0 Å². The van der Waals surface area contributed by atoms with E-state index in [9.17, 15) is 45.0 Å². The number of hydrogen-bond acceptors (Lipinski definition) is 18. The fourth-order valence-corrected chi connectivity index (χ4v) is 21.6. The summed E-state index contributed by atoms with van der Waals surface area (Å²) < 4.78 is 11.9. The van der Waals surface area contributed by atoms with Crippen LogP contribution in [0.15, 0.2) is 24.3 Å². The molecule has 0 aromatic carbocycles. The molecule has 4 spiro atoms. The van der Waals surface area contributed by atoms with Gasteiger partial charge in [0.15, 0.2) is 27.6 Å². The van der Waals surface area contributed by atoms with Gasteiger partial charge in [0, 0.05) is 66.7 Å². The number of likely N-dealkylation sites (tertiary alicyclic amines) is 2. The number of rotatable bonds is 7. The number of aliphatic hydroxyl groups is 7. The van der Waals surface area contributed by atoms with Gasteiger partial charge in [-0.05, 0) is 143 Å². The molecule has 14 aliphatic rings. The van der Waals surface area contributed by atoms with E-state index in [0.717, 1.165) is 61.4 Å². The Morgan fingerprint density at radius 3 is 1.70 bits per heavy atom. The number of alkyl halides is 1. The number of ether oxygens (including phenoxy) is 2. The van der Waals surface area contributed by atoms with E-state index in [1.807, 2.05) is 13.8 Å². The Morgan fingerprint density at radius 1 is 0.747 bits per heavy atom. The van der Waals surface area contributed by atoms with Crippen molar-refractivity contribution in [2.24, 2.45) is 68.3 Å². The lowest BCUT2D eigenvalue weighted by atomic mass is 9.36. The second-order valence-electron chi connectivity index (χ2n) is 26.5. The molecule has 18 nitrogen and oxygen atoms in total. The third-order valence-corrected chi connectivity index (χ3v) is 23.7. The fraction of sp³-hybridized carbons (Fsp3) is 0.810. The molecule has 21 heteroatoms. The Labute approximate surface area is 482 Å². The molecule has 440 valence electrons. The maximum absolute atomic E-state index is 13.9. The maximum atomic E-state index is 13.9. The van der Waals surface area contributed by atoms with Crippen molar-refractivity contribution in [3.8, 4) is 0 Å². The topological polar surface area (TPSA) is 281 Å². The molecule has 0 radical (unpaired) electrons. The predicted octanol–water partition coefficient (Wildman–Crippen LogP) is 3.34. The van der Waals surface area contributed by atoms with Crippen molar-refractivity contribution in [1.82, 2.24) is 20.1 Å². The van der Waals surface area contributed by atoms with Gasteiger partial charge in [-0.1, -0.05) is 69.6 Å². The first-order valence-electron chi connectivity index (χ1n) is 29.2. The first-order chi connectivity index (χ1) is 37.3. The van der Waals surface area contributed by atoms with Crippen LogP contribution in [0.1, 0.15) is 116 Å². The minimum Gasteiger partial charge on any atom is -0.397 e. The number of aliphatic hydroxyl groups excluding tert-OH is 5. The fourth-order valence-electron chi connectivity index (χ4n) is 18.9. The number of nitrogens with zero attached hydrogens (tertiary/aromatic N) is 3. The summed E-state index contributed by atoms with van der Waals surface area (Å²) in [6.07, 6.45) is 6.44. The molecular weight excluding hydrogens is 1120 g/mol. The average Bonchev–Trinajstić information content (AvgIpc) is 1.86. The van der Waals surface area contributed by atoms with E-state index in [1.165, 1.54) is 51.6 Å². The second-order valence-corrected chi connectivity index (χ2v) is 29.2. The number of nitrogens with two attached hydrogens (primary N) is 1. The molecule has 0 amide bonds. The molecule has 6 aliphatic heterocycles. The number of thiazole rings is 1. The SMILES string of the molecule is C=C1C(=O)[C@]23[C@H](O)[C@H]1CC[C@H]2[C@@]12CO[C@@]3(O)[C@@H](O)[C@@H]1C(C)(C)CC(Br)C2=O.C=C1C(=O)[C@]23[C@H](O)[C@H]1CC[C@H]2[C@@]12CO[C@@]3(O)[C@@H](O)[C@@H]1C(C)(C)Cc1sc(NCCN3CCCCC3)nc12.CCO.NC(=S)NCCN1CCCCC1. The summed E-state index contributed by atoms with van der Waals surface area (Å²) in [5.74, 6) is -7.97. The molecule has 1 aromatic heterocycles. The molecule has 11 N–H and O–H groups in total. The number of anilines is 1. The number of aromatic nitrogens is 1. The van der Waals surface area contributed by atoms with E-state index in [-0.39, 0.29) is 54.2 Å². The molecule has 6 saturated heterocycles. The van der Waals surface area contributed by atoms with Crippen molar-refractivity contribution in [1.29, 1.82) is 0 Å². The van der Waals surface area contributed by atoms with Gasteiger partial charge in [-0.3, -0.25) is 14.4 Å². The van der Waals surface area contributed by atoms with Crippen LogP contribution in [-0.2, 0) is 35.7 Å². The van der Waals surface area contributed by atoms with Crippen LogP contribution < -0.4 is 16.4 Å².